The average Bonchev–Trinajstić information content (AvgIpc) is 2.72. The van der Waals surface area contributed by atoms with E-state index in [2.05, 4.69) is 25.2 Å². The molecule has 2 fully saturated rings. The summed E-state index contributed by atoms with van der Waals surface area (Å²) in [4.78, 5) is 0. The highest BCUT2D eigenvalue weighted by Crippen LogP contribution is 2.44. The van der Waals surface area contributed by atoms with Gasteiger partial charge in [0, 0.05) is 5.92 Å². The first-order valence-electron chi connectivity index (χ1n) is 11.8. The fourth-order valence-electron chi connectivity index (χ4n) is 6.05. The van der Waals surface area contributed by atoms with Crippen LogP contribution in [-0.4, -0.2) is 6.43 Å². The molecule has 0 aliphatic heterocycles. The van der Waals surface area contributed by atoms with Gasteiger partial charge in [-0.05, 0) is 101 Å². The Kier molecular flexibility index (Phi) is 8.40. The van der Waals surface area contributed by atoms with Crippen molar-refractivity contribution >= 4 is 0 Å². The molecular weight excluding hydrogens is 338 g/mol. The van der Waals surface area contributed by atoms with Crippen LogP contribution in [0.25, 0.3) is 0 Å². The Bertz CT molecular complexity index is 477. The van der Waals surface area contributed by atoms with Gasteiger partial charge in [0.25, 0.3) is 0 Å². The van der Waals surface area contributed by atoms with E-state index in [0.29, 0.717) is 5.92 Å². The number of unbranched alkanes of at least 4 members (excludes halogenated alkanes) is 1. The van der Waals surface area contributed by atoms with E-state index in [1.54, 1.807) is 5.57 Å². The lowest BCUT2D eigenvalue weighted by atomic mass is 9.68. The molecule has 0 aromatic carbocycles. The van der Waals surface area contributed by atoms with Gasteiger partial charge in [0.1, 0.15) is 0 Å². The van der Waals surface area contributed by atoms with Gasteiger partial charge in [-0.3, -0.25) is 0 Å². The summed E-state index contributed by atoms with van der Waals surface area (Å²) in [5, 5.41) is 0. The van der Waals surface area contributed by atoms with Gasteiger partial charge in [-0.2, -0.15) is 0 Å². The Hall–Kier alpha value is -0.660. The van der Waals surface area contributed by atoms with Crippen molar-refractivity contribution in [3.05, 3.63) is 23.8 Å². The Morgan fingerprint density at radius 3 is 2.30 bits per heavy atom. The third-order valence-electron chi connectivity index (χ3n) is 7.92. The van der Waals surface area contributed by atoms with Crippen LogP contribution >= 0.6 is 0 Å². The lowest BCUT2D eigenvalue weighted by molar-refractivity contribution is 0.0491. The van der Waals surface area contributed by atoms with E-state index in [1.165, 1.54) is 64.2 Å². The molecule has 0 aromatic heterocycles. The molecule has 0 amide bonds. The molecule has 0 bridgehead atoms. The van der Waals surface area contributed by atoms with Crippen LogP contribution in [0, 0.1) is 29.6 Å². The summed E-state index contributed by atoms with van der Waals surface area (Å²) < 4.78 is 25.7. The predicted octanol–water partition coefficient (Wildman–Crippen LogP) is 8.34. The Morgan fingerprint density at radius 2 is 1.70 bits per heavy atom. The van der Waals surface area contributed by atoms with Gasteiger partial charge in [0.15, 0.2) is 0 Å². The minimum absolute atomic E-state index is 0.327. The average molecular weight is 379 g/mol. The summed E-state index contributed by atoms with van der Waals surface area (Å²) in [7, 11) is 0. The van der Waals surface area contributed by atoms with Gasteiger partial charge in [-0.25, -0.2) is 8.78 Å². The maximum absolute atomic E-state index is 12.9. The molecule has 2 heteroatoms. The topological polar surface area (TPSA) is 0 Å². The molecule has 0 aromatic rings. The molecule has 3 aliphatic carbocycles. The first-order chi connectivity index (χ1) is 13.2. The van der Waals surface area contributed by atoms with E-state index in [-0.39, 0.29) is 5.92 Å². The molecule has 3 aliphatic rings. The molecule has 0 radical (unpaired) electrons. The Balaban J connectivity index is 1.37. The van der Waals surface area contributed by atoms with Crippen molar-refractivity contribution in [1.29, 1.82) is 0 Å². The van der Waals surface area contributed by atoms with Crippen molar-refractivity contribution in [2.45, 2.75) is 103 Å². The molecule has 2 saturated carbocycles. The number of halogens is 2. The predicted molar refractivity (Wildman–Crippen MR) is 111 cm³/mol. The quantitative estimate of drug-likeness (QED) is 0.308. The molecule has 1 atom stereocenters. The number of hydrogen-bond acceptors (Lipinski definition) is 0. The van der Waals surface area contributed by atoms with E-state index >= 15 is 0 Å². The van der Waals surface area contributed by atoms with Crippen molar-refractivity contribution in [1.82, 2.24) is 0 Å². The van der Waals surface area contributed by atoms with Crippen molar-refractivity contribution in [3.8, 4) is 0 Å². The summed E-state index contributed by atoms with van der Waals surface area (Å²) >= 11 is 0. The molecule has 0 spiro atoms. The number of allylic oxidation sites excluding steroid dienone is 4. The monoisotopic (exact) mass is 378 g/mol. The van der Waals surface area contributed by atoms with Crippen molar-refractivity contribution in [3.63, 3.8) is 0 Å². The second-order valence-corrected chi connectivity index (χ2v) is 9.54. The fraction of sp³-hybridized carbons (Fsp3) is 0.840. The first kappa shape index (κ1) is 21.1. The zero-order valence-corrected chi connectivity index (χ0v) is 17.4. The van der Waals surface area contributed by atoms with Gasteiger partial charge < -0.3 is 0 Å². The van der Waals surface area contributed by atoms with Crippen molar-refractivity contribution < 1.29 is 8.78 Å². The molecule has 0 saturated heterocycles. The molecule has 0 N–H and O–H groups in total. The molecule has 1 unspecified atom stereocenters. The van der Waals surface area contributed by atoms with E-state index in [0.717, 1.165) is 43.4 Å². The maximum Gasteiger partial charge on any atom is 0.241 e. The van der Waals surface area contributed by atoms with E-state index in [4.69, 9.17) is 0 Å². The van der Waals surface area contributed by atoms with Gasteiger partial charge >= 0.3 is 0 Å². The minimum atomic E-state index is -2.10. The van der Waals surface area contributed by atoms with E-state index in [9.17, 15) is 8.78 Å². The SMILES string of the molecule is C/C=C/CCCC1CCC(C2CC=C(C3CCC(C(F)F)CC3)CC2)CC1. The zero-order chi connectivity index (χ0) is 19.1. The summed E-state index contributed by atoms with van der Waals surface area (Å²) in [6.45, 7) is 2.11. The Morgan fingerprint density at radius 1 is 0.963 bits per heavy atom. The summed E-state index contributed by atoms with van der Waals surface area (Å²) in [5.41, 5.74) is 1.62. The molecule has 0 heterocycles. The summed E-state index contributed by atoms with van der Waals surface area (Å²) in [6, 6.07) is 0. The molecule has 154 valence electrons. The van der Waals surface area contributed by atoms with E-state index < -0.39 is 6.43 Å². The second-order valence-electron chi connectivity index (χ2n) is 9.54. The smallest absolute Gasteiger partial charge is 0.210 e. The molecule has 0 nitrogen and oxygen atoms in total. The van der Waals surface area contributed by atoms with Crippen LogP contribution in [0.1, 0.15) is 96.8 Å². The van der Waals surface area contributed by atoms with Crippen LogP contribution in [0.2, 0.25) is 0 Å². The maximum atomic E-state index is 12.9. The van der Waals surface area contributed by atoms with Gasteiger partial charge in [0.05, 0.1) is 0 Å². The minimum Gasteiger partial charge on any atom is -0.210 e. The van der Waals surface area contributed by atoms with Crippen LogP contribution in [0.5, 0.6) is 0 Å². The standard InChI is InChI=1S/C25H40F2/c1-2-3-4-5-6-19-7-9-20(10-8-19)21-11-13-22(14-12-21)23-15-17-24(18-16-23)25(26)27/h2-3,13,19-21,23-25H,4-12,14-18H2,1H3/b3-2+. The van der Waals surface area contributed by atoms with Crippen LogP contribution in [0.3, 0.4) is 0 Å². The highest BCUT2D eigenvalue weighted by molar-refractivity contribution is 5.12. The zero-order valence-electron chi connectivity index (χ0n) is 17.4. The third-order valence-corrected chi connectivity index (χ3v) is 7.92. The van der Waals surface area contributed by atoms with Gasteiger partial charge in [-0.1, -0.05) is 43.1 Å². The lowest BCUT2D eigenvalue weighted by Gasteiger charge is -2.37. The highest BCUT2D eigenvalue weighted by Gasteiger charge is 2.32. The van der Waals surface area contributed by atoms with Crippen molar-refractivity contribution in [2.24, 2.45) is 29.6 Å². The van der Waals surface area contributed by atoms with Crippen LogP contribution in [0.15, 0.2) is 23.8 Å². The number of rotatable bonds is 7. The van der Waals surface area contributed by atoms with Gasteiger partial charge in [-0.15, -0.1) is 0 Å². The van der Waals surface area contributed by atoms with Crippen LogP contribution in [0.4, 0.5) is 8.78 Å². The lowest BCUT2D eigenvalue weighted by Crippen LogP contribution is -2.25. The van der Waals surface area contributed by atoms with Crippen LogP contribution in [-0.2, 0) is 0 Å². The van der Waals surface area contributed by atoms with Crippen molar-refractivity contribution in [2.75, 3.05) is 0 Å². The summed E-state index contributed by atoms with van der Waals surface area (Å²) in [6.07, 6.45) is 22.1. The molecule has 27 heavy (non-hydrogen) atoms. The normalized spacial score (nSPS) is 35.6. The van der Waals surface area contributed by atoms with Gasteiger partial charge in [0.2, 0.25) is 6.43 Å². The summed E-state index contributed by atoms with van der Waals surface area (Å²) in [5.74, 6) is 3.12. The third kappa shape index (κ3) is 6.16. The van der Waals surface area contributed by atoms with Crippen LogP contribution < -0.4 is 0 Å². The largest absolute Gasteiger partial charge is 0.241 e. The Labute approximate surface area is 165 Å². The number of hydrogen-bond donors (Lipinski definition) is 0. The first-order valence-corrected chi connectivity index (χ1v) is 11.8. The fourth-order valence-corrected chi connectivity index (χ4v) is 6.05. The molecule has 3 rings (SSSR count). The highest BCUT2D eigenvalue weighted by atomic mass is 19.3. The van der Waals surface area contributed by atoms with E-state index in [1.807, 2.05) is 0 Å². The second kappa shape index (κ2) is 10.8. The molecular formula is C25H40F2. The number of alkyl halides is 2.